The molecule has 1 nitrogen and oxygen atoms in total. The van der Waals surface area contributed by atoms with Gasteiger partial charge in [-0.2, -0.15) is 0 Å². The van der Waals surface area contributed by atoms with E-state index in [2.05, 4.69) is 11.4 Å². The monoisotopic (exact) mass is 193 g/mol. The van der Waals surface area contributed by atoms with Crippen LogP contribution in [-0.4, -0.2) is 12.6 Å². The van der Waals surface area contributed by atoms with Crippen LogP contribution in [0.4, 0.5) is 4.39 Å². The lowest BCUT2D eigenvalue weighted by Gasteiger charge is -2.14. The Kier molecular flexibility index (Phi) is 2.31. The fourth-order valence-corrected chi connectivity index (χ4v) is 1.97. The van der Waals surface area contributed by atoms with Crippen LogP contribution in [0.25, 0.3) is 0 Å². The Morgan fingerprint density at radius 1 is 1.36 bits per heavy atom. The van der Waals surface area contributed by atoms with Crippen molar-refractivity contribution in [2.24, 2.45) is 0 Å². The highest BCUT2D eigenvalue weighted by molar-refractivity contribution is 5.27. The highest BCUT2D eigenvalue weighted by Crippen LogP contribution is 2.38. The fourth-order valence-electron chi connectivity index (χ4n) is 1.97. The number of likely N-dealkylation sites (N-methyl/N-ethyl adjacent to an activating group) is 1. The molecule has 2 heteroatoms. The highest BCUT2D eigenvalue weighted by atomic mass is 19.1. The van der Waals surface area contributed by atoms with Gasteiger partial charge in [-0.05, 0) is 56.5 Å². The third kappa shape index (κ3) is 1.95. The van der Waals surface area contributed by atoms with Gasteiger partial charge in [0.05, 0.1) is 0 Å². The third-order valence-electron chi connectivity index (χ3n) is 3.03. The Bertz CT molecular complexity index is 322. The Morgan fingerprint density at radius 3 is 2.57 bits per heavy atom. The molecule has 1 N–H and O–H groups in total. The summed E-state index contributed by atoms with van der Waals surface area (Å²) in [5, 5.41) is 3.32. The van der Waals surface area contributed by atoms with E-state index in [4.69, 9.17) is 0 Å². The van der Waals surface area contributed by atoms with Gasteiger partial charge in [0.15, 0.2) is 0 Å². The fraction of sp³-hybridized carbons (Fsp3) is 0.500. The maximum atomic E-state index is 13.1. The lowest BCUT2D eigenvalue weighted by atomic mass is 10.0. The average molecular weight is 193 g/mol. The molecule has 1 aromatic rings. The summed E-state index contributed by atoms with van der Waals surface area (Å²) in [6.45, 7) is 1.94. The zero-order valence-corrected chi connectivity index (χ0v) is 8.73. The molecule has 76 valence electrons. The predicted molar refractivity (Wildman–Crippen MR) is 55.9 cm³/mol. The summed E-state index contributed by atoms with van der Waals surface area (Å²) in [5.41, 5.74) is 2.38. The maximum absolute atomic E-state index is 13.1. The van der Waals surface area contributed by atoms with Crippen LogP contribution in [0.15, 0.2) is 18.2 Å². The second-order valence-electron chi connectivity index (χ2n) is 4.34. The number of nitrogens with one attached hydrogen (secondary N) is 1. The summed E-state index contributed by atoms with van der Waals surface area (Å²) >= 11 is 0. The molecule has 0 aliphatic heterocycles. The number of hydrogen-bond donors (Lipinski definition) is 1. The minimum atomic E-state index is -0.119. The molecule has 0 radical (unpaired) electrons. The van der Waals surface area contributed by atoms with Gasteiger partial charge in [0.2, 0.25) is 0 Å². The quantitative estimate of drug-likeness (QED) is 0.777. The molecule has 1 saturated carbocycles. The Morgan fingerprint density at radius 2 is 2.07 bits per heavy atom. The number of benzene rings is 1. The van der Waals surface area contributed by atoms with E-state index < -0.39 is 0 Å². The molecule has 1 aliphatic rings. The third-order valence-corrected chi connectivity index (χ3v) is 3.03. The zero-order chi connectivity index (χ0) is 10.2. The van der Waals surface area contributed by atoms with Crippen molar-refractivity contribution in [1.29, 1.82) is 0 Å². The molecule has 0 aromatic heterocycles. The Hall–Kier alpha value is -0.890. The van der Waals surface area contributed by atoms with E-state index in [-0.39, 0.29) is 11.4 Å². The average Bonchev–Trinajstić information content (AvgIpc) is 2.83. The van der Waals surface area contributed by atoms with Crippen molar-refractivity contribution in [1.82, 2.24) is 5.32 Å². The summed E-state index contributed by atoms with van der Waals surface area (Å²) in [7, 11) is 1.99. The van der Waals surface area contributed by atoms with Crippen molar-refractivity contribution >= 4 is 0 Å². The van der Waals surface area contributed by atoms with E-state index in [0.29, 0.717) is 0 Å². The predicted octanol–water partition coefficient (Wildman–Crippen LogP) is 2.43. The SMILES string of the molecule is CNC1(Cc2cc(C)cc(F)c2)CC1. The van der Waals surface area contributed by atoms with Crippen molar-refractivity contribution in [2.75, 3.05) is 7.05 Å². The molecule has 1 aromatic carbocycles. The molecule has 0 spiro atoms. The van der Waals surface area contributed by atoms with Crippen molar-refractivity contribution in [3.8, 4) is 0 Å². The molecule has 1 fully saturated rings. The molecule has 2 rings (SSSR count). The van der Waals surface area contributed by atoms with Gasteiger partial charge in [-0.1, -0.05) is 6.07 Å². The molecule has 0 bridgehead atoms. The summed E-state index contributed by atoms with van der Waals surface area (Å²) in [6.07, 6.45) is 3.36. The standard InChI is InChI=1S/C12H16FN/c1-9-5-10(7-11(13)6-9)8-12(14-2)3-4-12/h5-7,14H,3-4,8H2,1-2H3. The topological polar surface area (TPSA) is 12.0 Å². The summed E-state index contributed by atoms with van der Waals surface area (Å²) < 4.78 is 13.1. The van der Waals surface area contributed by atoms with E-state index in [0.717, 1.165) is 17.5 Å². The minimum Gasteiger partial charge on any atom is -0.314 e. The van der Waals surface area contributed by atoms with Gasteiger partial charge < -0.3 is 5.32 Å². The van der Waals surface area contributed by atoms with Gasteiger partial charge in [0.1, 0.15) is 5.82 Å². The normalized spacial score (nSPS) is 18.2. The van der Waals surface area contributed by atoms with E-state index in [1.165, 1.54) is 12.8 Å². The van der Waals surface area contributed by atoms with Gasteiger partial charge in [0, 0.05) is 5.54 Å². The van der Waals surface area contributed by atoms with Crippen LogP contribution in [0.5, 0.6) is 0 Å². The number of aryl methyl sites for hydroxylation is 1. The highest BCUT2D eigenvalue weighted by Gasteiger charge is 2.40. The lowest BCUT2D eigenvalue weighted by Crippen LogP contribution is -2.29. The van der Waals surface area contributed by atoms with Crippen molar-refractivity contribution in [3.63, 3.8) is 0 Å². The van der Waals surface area contributed by atoms with E-state index in [1.54, 1.807) is 12.1 Å². The van der Waals surface area contributed by atoms with Crippen LogP contribution in [0, 0.1) is 12.7 Å². The molecule has 0 amide bonds. The van der Waals surface area contributed by atoms with Crippen LogP contribution >= 0.6 is 0 Å². The van der Waals surface area contributed by atoms with Crippen LogP contribution in [0.1, 0.15) is 24.0 Å². The van der Waals surface area contributed by atoms with Crippen LogP contribution < -0.4 is 5.32 Å². The van der Waals surface area contributed by atoms with Crippen molar-refractivity contribution in [2.45, 2.75) is 31.7 Å². The molecule has 0 atom stereocenters. The van der Waals surface area contributed by atoms with Gasteiger partial charge >= 0.3 is 0 Å². The zero-order valence-electron chi connectivity index (χ0n) is 8.73. The van der Waals surface area contributed by atoms with Crippen molar-refractivity contribution < 1.29 is 4.39 Å². The van der Waals surface area contributed by atoms with Crippen LogP contribution in [-0.2, 0) is 6.42 Å². The first-order valence-corrected chi connectivity index (χ1v) is 5.09. The van der Waals surface area contributed by atoms with Gasteiger partial charge in [-0.15, -0.1) is 0 Å². The summed E-state index contributed by atoms with van der Waals surface area (Å²) in [6, 6.07) is 5.29. The molecule has 0 unspecified atom stereocenters. The first-order chi connectivity index (χ1) is 6.63. The smallest absolute Gasteiger partial charge is 0.123 e. The molecular formula is C12H16FN. The van der Waals surface area contributed by atoms with Crippen molar-refractivity contribution in [3.05, 3.63) is 35.1 Å². The number of halogens is 1. The van der Waals surface area contributed by atoms with Gasteiger partial charge in [-0.3, -0.25) is 0 Å². The molecule has 14 heavy (non-hydrogen) atoms. The Balaban J connectivity index is 2.16. The number of rotatable bonds is 3. The molecule has 1 aliphatic carbocycles. The summed E-state index contributed by atoms with van der Waals surface area (Å²) in [4.78, 5) is 0. The first-order valence-electron chi connectivity index (χ1n) is 5.09. The molecule has 0 saturated heterocycles. The van der Waals surface area contributed by atoms with E-state index >= 15 is 0 Å². The minimum absolute atomic E-state index is 0.119. The van der Waals surface area contributed by atoms with Crippen LogP contribution in [0.2, 0.25) is 0 Å². The maximum Gasteiger partial charge on any atom is 0.123 e. The number of hydrogen-bond acceptors (Lipinski definition) is 1. The van der Waals surface area contributed by atoms with Gasteiger partial charge in [-0.25, -0.2) is 4.39 Å². The largest absolute Gasteiger partial charge is 0.314 e. The molecular weight excluding hydrogens is 177 g/mol. The Labute approximate surface area is 84.3 Å². The van der Waals surface area contributed by atoms with Gasteiger partial charge in [0.25, 0.3) is 0 Å². The van der Waals surface area contributed by atoms with E-state index in [9.17, 15) is 4.39 Å². The van der Waals surface area contributed by atoms with Crippen LogP contribution in [0.3, 0.4) is 0 Å². The second kappa shape index (κ2) is 3.35. The first kappa shape index (κ1) is 9.66. The lowest BCUT2D eigenvalue weighted by molar-refractivity contribution is 0.545. The molecule has 0 heterocycles. The second-order valence-corrected chi connectivity index (χ2v) is 4.34. The van der Waals surface area contributed by atoms with E-state index in [1.807, 2.05) is 14.0 Å². The summed E-state index contributed by atoms with van der Waals surface area (Å²) in [5.74, 6) is -0.119.